The fourth-order valence-electron chi connectivity index (χ4n) is 3.63. The van der Waals surface area contributed by atoms with Gasteiger partial charge in [0.15, 0.2) is 0 Å². The van der Waals surface area contributed by atoms with E-state index in [2.05, 4.69) is 62.4 Å². The van der Waals surface area contributed by atoms with Crippen LogP contribution in [0.4, 0.5) is 0 Å². The highest BCUT2D eigenvalue weighted by atomic mass is 14.2. The van der Waals surface area contributed by atoms with Crippen LogP contribution in [0.15, 0.2) is 48.6 Å². The van der Waals surface area contributed by atoms with Crippen LogP contribution in [0.1, 0.15) is 36.1 Å². The van der Waals surface area contributed by atoms with Crippen LogP contribution in [-0.2, 0) is 12.8 Å². The van der Waals surface area contributed by atoms with Gasteiger partial charge in [-0.05, 0) is 64.9 Å². The largest absolute Gasteiger partial charge is 0.0838 e. The van der Waals surface area contributed by atoms with Gasteiger partial charge in [0.25, 0.3) is 0 Å². The molecule has 0 aliphatic heterocycles. The summed E-state index contributed by atoms with van der Waals surface area (Å²) in [7, 11) is 0. The Morgan fingerprint density at radius 2 is 1.50 bits per heavy atom. The van der Waals surface area contributed by atoms with Crippen molar-refractivity contribution in [2.24, 2.45) is 0 Å². The van der Waals surface area contributed by atoms with Gasteiger partial charge < -0.3 is 0 Å². The van der Waals surface area contributed by atoms with E-state index in [9.17, 15) is 0 Å². The van der Waals surface area contributed by atoms with Gasteiger partial charge in [-0.3, -0.25) is 0 Å². The van der Waals surface area contributed by atoms with Crippen molar-refractivity contribution < 1.29 is 0 Å². The molecular formula is C22H24. The Morgan fingerprint density at radius 1 is 0.773 bits per heavy atom. The molecular weight excluding hydrogens is 264 g/mol. The summed E-state index contributed by atoms with van der Waals surface area (Å²) in [6.07, 6.45) is 6.73. The maximum absolute atomic E-state index is 2.32. The summed E-state index contributed by atoms with van der Waals surface area (Å²) in [6.45, 7) is 8.41. The Balaban J connectivity index is 0.000000693. The quantitative estimate of drug-likeness (QED) is 0.337. The zero-order valence-electron chi connectivity index (χ0n) is 14.0. The molecule has 0 N–H and O–H groups in total. The predicted octanol–water partition coefficient (Wildman–Crippen LogP) is 6.29. The Morgan fingerprint density at radius 3 is 2.32 bits per heavy atom. The molecule has 0 unspecified atom stereocenters. The van der Waals surface area contributed by atoms with Crippen molar-refractivity contribution in [3.63, 3.8) is 0 Å². The highest BCUT2D eigenvalue weighted by Crippen LogP contribution is 2.33. The van der Waals surface area contributed by atoms with Crippen LogP contribution in [0.5, 0.6) is 0 Å². The fraction of sp³-hybridized carbons (Fsp3) is 0.273. The van der Waals surface area contributed by atoms with Crippen LogP contribution >= 0.6 is 0 Å². The molecule has 112 valence electrons. The highest BCUT2D eigenvalue weighted by molar-refractivity contribution is 6.10. The van der Waals surface area contributed by atoms with Crippen LogP contribution in [0.2, 0.25) is 0 Å². The first-order chi connectivity index (χ1) is 10.7. The monoisotopic (exact) mass is 288 g/mol. The van der Waals surface area contributed by atoms with Gasteiger partial charge >= 0.3 is 0 Å². The van der Waals surface area contributed by atoms with Crippen molar-refractivity contribution in [2.45, 2.75) is 40.5 Å². The van der Waals surface area contributed by atoms with Crippen LogP contribution < -0.4 is 0 Å². The summed E-state index contributed by atoms with van der Waals surface area (Å²) in [6, 6.07) is 13.8. The van der Waals surface area contributed by atoms with E-state index in [1.807, 2.05) is 13.8 Å². The topological polar surface area (TPSA) is 0 Å². The van der Waals surface area contributed by atoms with Crippen LogP contribution in [0.3, 0.4) is 0 Å². The van der Waals surface area contributed by atoms with Crippen LogP contribution in [0.25, 0.3) is 21.5 Å². The summed E-state index contributed by atoms with van der Waals surface area (Å²) in [5.41, 5.74) is 5.74. The number of hydrogen-bond acceptors (Lipinski definition) is 0. The molecule has 1 aliphatic rings. The second-order valence-corrected chi connectivity index (χ2v) is 5.92. The lowest BCUT2D eigenvalue weighted by molar-refractivity contribution is 1.11. The number of aryl methyl sites for hydroxylation is 2. The van der Waals surface area contributed by atoms with Gasteiger partial charge in [-0.15, -0.1) is 0 Å². The molecule has 0 atom stereocenters. The Kier molecular flexibility index (Phi) is 4.02. The fourth-order valence-corrected chi connectivity index (χ4v) is 3.63. The molecule has 0 heteroatoms. The molecule has 3 aromatic carbocycles. The second-order valence-electron chi connectivity index (χ2n) is 5.92. The number of fused-ring (bicyclic) bond motifs is 5. The maximum atomic E-state index is 2.32. The van der Waals surface area contributed by atoms with Crippen molar-refractivity contribution in [1.82, 2.24) is 0 Å². The summed E-state index contributed by atoms with van der Waals surface area (Å²) in [5, 5.41) is 5.63. The van der Waals surface area contributed by atoms with E-state index in [-0.39, 0.29) is 0 Å². The van der Waals surface area contributed by atoms with E-state index in [0.717, 1.165) is 12.8 Å². The van der Waals surface area contributed by atoms with Gasteiger partial charge in [0, 0.05) is 0 Å². The van der Waals surface area contributed by atoms with Crippen molar-refractivity contribution in [3.8, 4) is 0 Å². The number of rotatable bonds is 0. The molecule has 0 saturated carbocycles. The minimum absolute atomic E-state index is 1.07. The molecule has 0 fully saturated rings. The van der Waals surface area contributed by atoms with Gasteiger partial charge in [0.05, 0.1) is 0 Å². The molecule has 3 aromatic rings. The van der Waals surface area contributed by atoms with Crippen molar-refractivity contribution in [1.29, 1.82) is 0 Å². The van der Waals surface area contributed by atoms with E-state index >= 15 is 0 Å². The average Bonchev–Trinajstić information content (AvgIpc) is 2.55. The van der Waals surface area contributed by atoms with E-state index in [1.165, 1.54) is 43.8 Å². The summed E-state index contributed by atoms with van der Waals surface area (Å²) < 4.78 is 0. The molecule has 0 bridgehead atoms. The molecule has 0 amide bonds. The normalized spacial score (nSPS) is 12.9. The summed E-state index contributed by atoms with van der Waals surface area (Å²) >= 11 is 0. The minimum Gasteiger partial charge on any atom is -0.0838 e. The minimum atomic E-state index is 1.07. The van der Waals surface area contributed by atoms with Crippen LogP contribution in [0, 0.1) is 13.8 Å². The molecule has 0 radical (unpaired) electrons. The number of hydrogen-bond donors (Lipinski definition) is 0. The second kappa shape index (κ2) is 5.96. The summed E-state index contributed by atoms with van der Waals surface area (Å²) in [4.78, 5) is 0. The zero-order chi connectivity index (χ0) is 15.7. The molecule has 1 aliphatic carbocycles. The van der Waals surface area contributed by atoms with E-state index < -0.39 is 0 Å². The van der Waals surface area contributed by atoms with E-state index in [4.69, 9.17) is 0 Å². The van der Waals surface area contributed by atoms with Crippen molar-refractivity contribution in [2.75, 3.05) is 0 Å². The zero-order valence-corrected chi connectivity index (χ0v) is 14.0. The standard InChI is InChI=1S/C20H18.C2H6/c1-13-11-14(2)20-16(12-13)8-9-18-17-6-4-3-5-15(17)7-10-19(18)20;1-2/h3-4,7-12H,5-6H2,1-2H3;1-2H3. The van der Waals surface area contributed by atoms with Crippen molar-refractivity contribution in [3.05, 3.63) is 70.8 Å². The first-order valence-corrected chi connectivity index (χ1v) is 8.33. The van der Waals surface area contributed by atoms with Gasteiger partial charge in [-0.1, -0.05) is 68.0 Å². The first-order valence-electron chi connectivity index (χ1n) is 8.33. The third kappa shape index (κ3) is 2.33. The average molecular weight is 288 g/mol. The third-order valence-electron chi connectivity index (χ3n) is 4.49. The van der Waals surface area contributed by atoms with Gasteiger partial charge in [0.2, 0.25) is 0 Å². The molecule has 0 aromatic heterocycles. The van der Waals surface area contributed by atoms with E-state index in [0.29, 0.717) is 0 Å². The molecule has 0 nitrogen and oxygen atoms in total. The number of allylic oxidation sites excluding steroid dienone is 2. The SMILES string of the molecule is CC.Cc1cc(C)c2c(ccc3c4c(ccc32)CC=CC4)c1. The third-order valence-corrected chi connectivity index (χ3v) is 4.49. The van der Waals surface area contributed by atoms with Gasteiger partial charge in [-0.25, -0.2) is 0 Å². The lowest BCUT2D eigenvalue weighted by Crippen LogP contribution is -1.98. The predicted molar refractivity (Wildman–Crippen MR) is 98.8 cm³/mol. The van der Waals surface area contributed by atoms with Gasteiger partial charge in [0.1, 0.15) is 0 Å². The molecule has 0 spiro atoms. The van der Waals surface area contributed by atoms with Crippen molar-refractivity contribution >= 4 is 21.5 Å². The van der Waals surface area contributed by atoms with Crippen LogP contribution in [-0.4, -0.2) is 0 Å². The van der Waals surface area contributed by atoms with Gasteiger partial charge in [-0.2, -0.15) is 0 Å². The Labute approximate surface area is 133 Å². The number of benzene rings is 3. The summed E-state index contributed by atoms with van der Waals surface area (Å²) in [5.74, 6) is 0. The molecule has 22 heavy (non-hydrogen) atoms. The Bertz CT molecular complexity index is 866. The lowest BCUT2D eigenvalue weighted by Gasteiger charge is -2.16. The maximum Gasteiger partial charge on any atom is -0.00758 e. The molecule has 0 heterocycles. The lowest BCUT2D eigenvalue weighted by atomic mass is 9.88. The molecule has 0 saturated heterocycles. The smallest absolute Gasteiger partial charge is 0.00758 e. The Hall–Kier alpha value is -2.08. The first kappa shape index (κ1) is 14.8. The molecule has 4 rings (SSSR count). The highest BCUT2D eigenvalue weighted by Gasteiger charge is 2.11. The van der Waals surface area contributed by atoms with E-state index in [1.54, 1.807) is 0 Å².